The van der Waals surface area contributed by atoms with Gasteiger partial charge in [0.05, 0.1) is 6.10 Å². The van der Waals surface area contributed by atoms with Gasteiger partial charge in [0.25, 0.3) is 0 Å². The summed E-state index contributed by atoms with van der Waals surface area (Å²) in [5.74, 6) is 0. The van der Waals surface area contributed by atoms with Crippen LogP contribution in [-0.4, -0.2) is 54.2 Å². The van der Waals surface area contributed by atoms with Crippen molar-refractivity contribution in [3.63, 3.8) is 0 Å². The van der Waals surface area contributed by atoms with Crippen LogP contribution in [0.2, 0.25) is 0 Å². The Morgan fingerprint density at radius 3 is 2.35 bits per heavy atom. The first kappa shape index (κ1) is 16.2. The van der Waals surface area contributed by atoms with Crippen LogP contribution >= 0.6 is 0 Å². The van der Waals surface area contributed by atoms with Gasteiger partial charge in [0, 0.05) is 32.2 Å². The van der Waals surface area contributed by atoms with Crippen LogP contribution in [-0.2, 0) is 6.42 Å². The Morgan fingerprint density at radius 1 is 1.00 bits per heavy atom. The summed E-state index contributed by atoms with van der Waals surface area (Å²) in [6.07, 6.45) is 0.616. The molecule has 2 aromatic rings. The lowest BCUT2D eigenvalue weighted by Crippen LogP contribution is -2.53. The van der Waals surface area contributed by atoms with Gasteiger partial charge in [-0.15, -0.1) is 0 Å². The number of rotatable bonds is 5. The van der Waals surface area contributed by atoms with E-state index in [0.717, 1.165) is 31.6 Å². The van der Waals surface area contributed by atoms with E-state index in [0.29, 0.717) is 12.6 Å². The highest BCUT2D eigenvalue weighted by Crippen LogP contribution is 2.19. The monoisotopic (exact) mass is 310 g/mol. The largest absolute Gasteiger partial charge is 0.387 e. The standard InChI is InChI=1S/C20H26N2O/c1-21-12-13-22(16-20(23)18-10-6-3-7-11-18)19(15-21)14-17-8-4-2-5-9-17/h2-11,19-20,23H,12-16H2,1H3. The van der Waals surface area contributed by atoms with E-state index in [1.54, 1.807) is 0 Å². The van der Waals surface area contributed by atoms with E-state index in [-0.39, 0.29) is 0 Å². The van der Waals surface area contributed by atoms with Crippen LogP contribution < -0.4 is 0 Å². The number of hydrogen-bond donors (Lipinski definition) is 1. The molecule has 0 amide bonds. The number of piperazine rings is 1. The van der Waals surface area contributed by atoms with Crippen LogP contribution in [0.25, 0.3) is 0 Å². The van der Waals surface area contributed by atoms with Crippen molar-refractivity contribution >= 4 is 0 Å². The number of hydrogen-bond acceptors (Lipinski definition) is 3. The summed E-state index contributed by atoms with van der Waals surface area (Å²) in [5.41, 5.74) is 2.37. The minimum atomic E-state index is -0.419. The summed E-state index contributed by atoms with van der Waals surface area (Å²) in [5, 5.41) is 10.6. The van der Waals surface area contributed by atoms with Gasteiger partial charge in [-0.2, -0.15) is 0 Å². The van der Waals surface area contributed by atoms with Crippen LogP contribution in [0, 0.1) is 0 Å². The van der Waals surface area contributed by atoms with Crippen LogP contribution in [0.1, 0.15) is 17.2 Å². The van der Waals surface area contributed by atoms with E-state index >= 15 is 0 Å². The van der Waals surface area contributed by atoms with E-state index in [1.165, 1.54) is 5.56 Å². The fourth-order valence-electron chi connectivity index (χ4n) is 3.37. The average molecular weight is 310 g/mol. The molecule has 122 valence electrons. The van der Waals surface area contributed by atoms with Gasteiger partial charge in [-0.1, -0.05) is 60.7 Å². The van der Waals surface area contributed by atoms with Crippen LogP contribution in [0.4, 0.5) is 0 Å². The highest BCUT2D eigenvalue weighted by Gasteiger charge is 2.27. The summed E-state index contributed by atoms with van der Waals surface area (Å²) in [6, 6.07) is 21.1. The Kier molecular flexibility index (Phi) is 5.44. The molecule has 3 heteroatoms. The number of benzene rings is 2. The van der Waals surface area contributed by atoms with Crippen LogP contribution in [0.15, 0.2) is 60.7 Å². The van der Waals surface area contributed by atoms with Gasteiger partial charge >= 0.3 is 0 Å². The molecule has 0 bridgehead atoms. The molecule has 1 heterocycles. The maximum absolute atomic E-state index is 10.6. The van der Waals surface area contributed by atoms with Crippen molar-refractivity contribution in [3.05, 3.63) is 71.8 Å². The highest BCUT2D eigenvalue weighted by atomic mass is 16.3. The molecule has 2 aromatic carbocycles. The van der Waals surface area contributed by atoms with E-state index in [1.807, 2.05) is 30.3 Å². The van der Waals surface area contributed by atoms with Crippen molar-refractivity contribution in [1.29, 1.82) is 0 Å². The number of nitrogens with zero attached hydrogens (tertiary/aromatic N) is 2. The van der Waals surface area contributed by atoms with E-state index < -0.39 is 6.10 Å². The molecule has 1 aliphatic rings. The third-order valence-corrected chi connectivity index (χ3v) is 4.71. The molecule has 1 fully saturated rings. The Balaban J connectivity index is 1.68. The van der Waals surface area contributed by atoms with E-state index in [9.17, 15) is 5.11 Å². The molecule has 0 aromatic heterocycles. The molecule has 0 aliphatic carbocycles. The lowest BCUT2D eigenvalue weighted by atomic mass is 10.0. The predicted molar refractivity (Wildman–Crippen MR) is 94.4 cm³/mol. The lowest BCUT2D eigenvalue weighted by molar-refractivity contribution is 0.0407. The van der Waals surface area contributed by atoms with Crippen molar-refractivity contribution in [2.45, 2.75) is 18.6 Å². The first-order chi connectivity index (χ1) is 11.2. The second-order valence-corrected chi connectivity index (χ2v) is 6.53. The van der Waals surface area contributed by atoms with Gasteiger partial charge < -0.3 is 10.0 Å². The zero-order valence-electron chi connectivity index (χ0n) is 13.8. The number of likely N-dealkylation sites (N-methyl/N-ethyl adjacent to an activating group) is 1. The molecule has 0 saturated carbocycles. The second kappa shape index (κ2) is 7.73. The zero-order chi connectivity index (χ0) is 16.1. The summed E-state index contributed by atoms with van der Waals surface area (Å²) < 4.78 is 0. The summed E-state index contributed by atoms with van der Waals surface area (Å²) >= 11 is 0. The maximum atomic E-state index is 10.6. The molecule has 1 N–H and O–H groups in total. The molecule has 0 radical (unpaired) electrons. The normalized spacial score (nSPS) is 21.2. The van der Waals surface area contributed by atoms with Crippen molar-refractivity contribution < 1.29 is 5.11 Å². The maximum Gasteiger partial charge on any atom is 0.0917 e. The van der Waals surface area contributed by atoms with Crippen molar-refractivity contribution in [2.75, 3.05) is 33.2 Å². The average Bonchev–Trinajstić information content (AvgIpc) is 2.59. The first-order valence-electron chi connectivity index (χ1n) is 8.42. The first-order valence-corrected chi connectivity index (χ1v) is 8.42. The van der Waals surface area contributed by atoms with Crippen molar-refractivity contribution in [1.82, 2.24) is 9.80 Å². The van der Waals surface area contributed by atoms with Gasteiger partial charge in [0.1, 0.15) is 0 Å². The Morgan fingerprint density at radius 2 is 1.65 bits per heavy atom. The summed E-state index contributed by atoms with van der Waals surface area (Å²) in [4.78, 5) is 4.84. The molecular weight excluding hydrogens is 284 g/mol. The van der Waals surface area contributed by atoms with E-state index in [2.05, 4.69) is 47.2 Å². The van der Waals surface area contributed by atoms with E-state index in [4.69, 9.17) is 0 Å². The second-order valence-electron chi connectivity index (χ2n) is 6.53. The molecule has 1 aliphatic heterocycles. The summed E-state index contributed by atoms with van der Waals surface area (Å²) in [6.45, 7) is 3.83. The molecule has 23 heavy (non-hydrogen) atoms. The lowest BCUT2D eigenvalue weighted by Gasteiger charge is -2.41. The topological polar surface area (TPSA) is 26.7 Å². The van der Waals surface area contributed by atoms with Gasteiger partial charge in [0.2, 0.25) is 0 Å². The third-order valence-electron chi connectivity index (χ3n) is 4.71. The zero-order valence-corrected chi connectivity index (χ0v) is 13.8. The molecule has 3 nitrogen and oxygen atoms in total. The Labute approximate surface area is 139 Å². The van der Waals surface area contributed by atoms with Gasteiger partial charge in [-0.05, 0) is 24.6 Å². The predicted octanol–water partition coefficient (Wildman–Crippen LogP) is 2.58. The smallest absolute Gasteiger partial charge is 0.0917 e. The third kappa shape index (κ3) is 4.41. The quantitative estimate of drug-likeness (QED) is 0.919. The molecule has 1 saturated heterocycles. The molecule has 0 spiro atoms. The minimum absolute atomic E-state index is 0.419. The van der Waals surface area contributed by atoms with Crippen molar-refractivity contribution in [3.8, 4) is 0 Å². The van der Waals surface area contributed by atoms with Crippen molar-refractivity contribution in [2.24, 2.45) is 0 Å². The highest BCUT2D eigenvalue weighted by molar-refractivity contribution is 5.18. The number of β-amino-alcohol motifs (C(OH)–C–C–N with tert-alkyl or cyclic N) is 1. The van der Waals surface area contributed by atoms with Crippen LogP contribution in [0.3, 0.4) is 0 Å². The Bertz CT molecular complexity index is 587. The number of aliphatic hydroxyl groups excluding tert-OH is 1. The fraction of sp³-hybridized carbons (Fsp3) is 0.400. The Hall–Kier alpha value is -1.68. The molecule has 2 atom stereocenters. The van der Waals surface area contributed by atoms with Crippen LogP contribution in [0.5, 0.6) is 0 Å². The summed E-state index contributed by atoms with van der Waals surface area (Å²) in [7, 11) is 2.18. The molecule has 2 unspecified atom stereocenters. The molecular formula is C20H26N2O. The fourth-order valence-corrected chi connectivity index (χ4v) is 3.37. The SMILES string of the molecule is CN1CCN(CC(O)c2ccccc2)C(Cc2ccccc2)C1. The van der Waals surface area contributed by atoms with Gasteiger partial charge in [-0.25, -0.2) is 0 Å². The molecule has 3 rings (SSSR count). The minimum Gasteiger partial charge on any atom is -0.387 e. The van der Waals surface area contributed by atoms with Gasteiger partial charge in [0.15, 0.2) is 0 Å². The number of aliphatic hydroxyl groups is 1. The van der Waals surface area contributed by atoms with Gasteiger partial charge in [-0.3, -0.25) is 4.90 Å².